The Hall–Kier alpha value is -0.570. The lowest BCUT2D eigenvalue weighted by Crippen LogP contribution is -2.33. The molecule has 1 aliphatic carbocycles. The smallest absolute Gasteiger partial charge is 0.128 e. The van der Waals surface area contributed by atoms with Crippen molar-refractivity contribution in [2.75, 3.05) is 0 Å². The Morgan fingerprint density at radius 2 is 2.33 bits per heavy atom. The molecular weight excluding hydrogens is 116 g/mol. The summed E-state index contributed by atoms with van der Waals surface area (Å²) in [4.78, 5) is 0. The summed E-state index contributed by atoms with van der Waals surface area (Å²) in [5.41, 5.74) is 0. The Morgan fingerprint density at radius 3 is 2.67 bits per heavy atom. The largest absolute Gasteiger partial charge is 0.373 e. The average molecular weight is 128 g/mol. The van der Waals surface area contributed by atoms with E-state index in [0.717, 1.165) is 12.8 Å². The molecular formula is C6H12N2O. The van der Waals surface area contributed by atoms with E-state index in [1.807, 2.05) is 0 Å². The summed E-state index contributed by atoms with van der Waals surface area (Å²) in [5, 5.41) is 18.7. The highest BCUT2D eigenvalue weighted by Crippen LogP contribution is 2.31. The van der Waals surface area contributed by atoms with Gasteiger partial charge >= 0.3 is 0 Å². The molecule has 52 valence electrons. The van der Waals surface area contributed by atoms with Crippen LogP contribution in [0.25, 0.3) is 0 Å². The third-order valence-electron chi connectivity index (χ3n) is 1.43. The lowest BCUT2D eigenvalue weighted by molar-refractivity contribution is 0.136. The molecule has 1 unspecified atom stereocenters. The predicted octanol–water partition coefficient (Wildman–Crippen LogP) is 0.302. The van der Waals surface area contributed by atoms with E-state index in [1.54, 1.807) is 6.92 Å². The molecule has 3 nitrogen and oxygen atoms in total. The van der Waals surface area contributed by atoms with E-state index in [-0.39, 0.29) is 0 Å². The van der Waals surface area contributed by atoms with Crippen LogP contribution in [0, 0.1) is 11.3 Å². The number of aliphatic hydroxyl groups excluding tert-OH is 1. The van der Waals surface area contributed by atoms with Gasteiger partial charge in [-0.25, -0.2) is 0 Å². The monoisotopic (exact) mass is 128 g/mol. The summed E-state index contributed by atoms with van der Waals surface area (Å²) in [6.07, 6.45) is 1.73. The van der Waals surface area contributed by atoms with Gasteiger partial charge < -0.3 is 10.4 Å². The van der Waals surface area contributed by atoms with Crippen LogP contribution in [0.15, 0.2) is 0 Å². The highest BCUT2D eigenvalue weighted by Gasteiger charge is 2.29. The van der Waals surface area contributed by atoms with Crippen LogP contribution in [0.5, 0.6) is 0 Å². The predicted molar refractivity (Wildman–Crippen MR) is 35.3 cm³/mol. The average Bonchev–Trinajstić information content (AvgIpc) is 2.40. The zero-order valence-corrected chi connectivity index (χ0v) is 5.52. The number of aliphatic hydroxyl groups is 1. The first-order valence-corrected chi connectivity index (χ1v) is 3.20. The molecule has 1 fully saturated rings. The molecule has 0 amide bonds. The van der Waals surface area contributed by atoms with Crippen molar-refractivity contribution >= 4 is 5.84 Å². The molecule has 3 N–H and O–H groups in total. The summed E-state index contributed by atoms with van der Waals surface area (Å²) in [7, 11) is 0. The van der Waals surface area contributed by atoms with Gasteiger partial charge in [0.05, 0.1) is 5.84 Å². The van der Waals surface area contributed by atoms with Gasteiger partial charge in [-0.2, -0.15) is 0 Å². The molecule has 0 aromatic heterocycles. The van der Waals surface area contributed by atoms with Gasteiger partial charge in [-0.15, -0.1) is 0 Å². The second-order valence-electron chi connectivity index (χ2n) is 2.55. The van der Waals surface area contributed by atoms with Crippen molar-refractivity contribution in [3.63, 3.8) is 0 Å². The van der Waals surface area contributed by atoms with Crippen molar-refractivity contribution in [1.82, 2.24) is 5.32 Å². The van der Waals surface area contributed by atoms with Crippen molar-refractivity contribution in [1.29, 1.82) is 5.41 Å². The van der Waals surface area contributed by atoms with E-state index in [0.29, 0.717) is 11.8 Å². The van der Waals surface area contributed by atoms with Crippen LogP contribution in [-0.2, 0) is 0 Å². The van der Waals surface area contributed by atoms with Gasteiger partial charge in [-0.05, 0) is 19.8 Å². The first kappa shape index (κ1) is 6.55. The third-order valence-corrected chi connectivity index (χ3v) is 1.43. The second kappa shape index (κ2) is 2.35. The molecule has 0 aromatic carbocycles. The Morgan fingerprint density at radius 1 is 1.78 bits per heavy atom. The lowest BCUT2D eigenvalue weighted by atomic mass is 10.3. The summed E-state index contributed by atoms with van der Waals surface area (Å²) >= 11 is 0. The third kappa shape index (κ3) is 2.01. The van der Waals surface area contributed by atoms with Gasteiger partial charge in [0.25, 0.3) is 0 Å². The van der Waals surface area contributed by atoms with E-state index in [1.165, 1.54) is 0 Å². The standard InChI is InChI=1S/C6H12N2O/c1-4(7)8-6(9)5-2-3-5/h5-6,9H,2-3H2,1H3,(H2,7,8). The van der Waals surface area contributed by atoms with Gasteiger partial charge in [0, 0.05) is 5.92 Å². The molecule has 1 rings (SSSR count). The van der Waals surface area contributed by atoms with Crippen LogP contribution in [0.2, 0.25) is 0 Å². The quantitative estimate of drug-likeness (QED) is 0.284. The number of hydrogen-bond donors (Lipinski definition) is 3. The van der Waals surface area contributed by atoms with Crippen LogP contribution in [0.4, 0.5) is 0 Å². The second-order valence-corrected chi connectivity index (χ2v) is 2.55. The molecule has 1 aliphatic rings. The van der Waals surface area contributed by atoms with Crippen LogP contribution in [-0.4, -0.2) is 17.2 Å². The molecule has 9 heavy (non-hydrogen) atoms. The van der Waals surface area contributed by atoms with Crippen LogP contribution in [0.1, 0.15) is 19.8 Å². The number of nitrogens with one attached hydrogen (secondary N) is 2. The normalized spacial score (nSPS) is 21.1. The molecule has 1 saturated carbocycles. The molecule has 0 heterocycles. The topological polar surface area (TPSA) is 56.1 Å². The molecule has 0 radical (unpaired) electrons. The van der Waals surface area contributed by atoms with Crippen molar-refractivity contribution in [2.24, 2.45) is 5.92 Å². The van der Waals surface area contributed by atoms with Gasteiger partial charge in [0.1, 0.15) is 6.23 Å². The molecule has 3 heteroatoms. The fraction of sp³-hybridized carbons (Fsp3) is 0.833. The Balaban J connectivity index is 2.17. The Bertz CT molecular complexity index is 120. The number of hydrogen-bond acceptors (Lipinski definition) is 2. The molecule has 0 aromatic rings. The molecule has 0 aliphatic heterocycles. The first-order chi connectivity index (χ1) is 4.20. The van der Waals surface area contributed by atoms with Gasteiger partial charge in [0.2, 0.25) is 0 Å². The summed E-state index contributed by atoms with van der Waals surface area (Å²) < 4.78 is 0. The SMILES string of the molecule is CC(=N)NC(O)C1CC1. The zero-order chi connectivity index (χ0) is 6.85. The molecule has 1 atom stereocenters. The van der Waals surface area contributed by atoms with E-state index >= 15 is 0 Å². The molecule has 0 bridgehead atoms. The molecule has 0 saturated heterocycles. The minimum atomic E-state index is -0.470. The highest BCUT2D eigenvalue weighted by atomic mass is 16.3. The number of rotatable bonds is 2. The summed E-state index contributed by atoms with van der Waals surface area (Å²) in [6.45, 7) is 1.63. The van der Waals surface area contributed by atoms with Crippen LogP contribution in [0.3, 0.4) is 0 Å². The number of amidine groups is 1. The Kier molecular flexibility index (Phi) is 1.71. The van der Waals surface area contributed by atoms with Crippen molar-refractivity contribution in [2.45, 2.75) is 26.0 Å². The van der Waals surface area contributed by atoms with Crippen LogP contribution < -0.4 is 5.32 Å². The fourth-order valence-electron chi connectivity index (χ4n) is 0.752. The van der Waals surface area contributed by atoms with E-state index < -0.39 is 6.23 Å². The zero-order valence-electron chi connectivity index (χ0n) is 5.52. The minimum Gasteiger partial charge on any atom is -0.373 e. The van der Waals surface area contributed by atoms with E-state index in [4.69, 9.17) is 10.5 Å². The van der Waals surface area contributed by atoms with E-state index in [2.05, 4.69) is 5.32 Å². The summed E-state index contributed by atoms with van der Waals surface area (Å²) in [5.74, 6) is 0.750. The van der Waals surface area contributed by atoms with Gasteiger partial charge in [-0.3, -0.25) is 5.41 Å². The Labute approximate surface area is 54.6 Å². The maximum absolute atomic E-state index is 9.11. The molecule has 0 spiro atoms. The highest BCUT2D eigenvalue weighted by molar-refractivity contribution is 5.76. The maximum atomic E-state index is 9.11. The summed E-state index contributed by atoms with van der Waals surface area (Å²) in [6, 6.07) is 0. The van der Waals surface area contributed by atoms with E-state index in [9.17, 15) is 0 Å². The fourth-order valence-corrected chi connectivity index (χ4v) is 0.752. The first-order valence-electron chi connectivity index (χ1n) is 3.20. The van der Waals surface area contributed by atoms with Crippen molar-refractivity contribution in [3.05, 3.63) is 0 Å². The van der Waals surface area contributed by atoms with Crippen molar-refractivity contribution in [3.8, 4) is 0 Å². The van der Waals surface area contributed by atoms with Gasteiger partial charge in [0.15, 0.2) is 0 Å². The van der Waals surface area contributed by atoms with Gasteiger partial charge in [-0.1, -0.05) is 0 Å². The van der Waals surface area contributed by atoms with Crippen LogP contribution >= 0.6 is 0 Å². The lowest BCUT2D eigenvalue weighted by Gasteiger charge is -2.10. The minimum absolute atomic E-state index is 0.342. The maximum Gasteiger partial charge on any atom is 0.128 e. The van der Waals surface area contributed by atoms with Crippen molar-refractivity contribution < 1.29 is 5.11 Å².